The second-order valence-corrected chi connectivity index (χ2v) is 9.07. The number of nitrogens with zero attached hydrogens (tertiary/aromatic N) is 3. The fourth-order valence-corrected chi connectivity index (χ4v) is 5.57. The molecule has 166 valence electrons. The Hall–Kier alpha value is -1.79. The van der Waals surface area contributed by atoms with Gasteiger partial charge in [-0.25, -0.2) is 0 Å². The van der Waals surface area contributed by atoms with Gasteiger partial charge >= 0.3 is 0 Å². The maximum absolute atomic E-state index is 13.1. The lowest BCUT2D eigenvalue weighted by Gasteiger charge is -2.45. The van der Waals surface area contributed by atoms with Crippen LogP contribution in [0.5, 0.6) is 11.5 Å². The first-order chi connectivity index (χ1) is 14.7. The predicted octanol–water partition coefficient (Wildman–Crippen LogP) is 3.00. The zero-order valence-corrected chi connectivity index (χ0v) is 18.6. The van der Waals surface area contributed by atoms with Crippen LogP contribution >= 0.6 is 0 Å². The van der Waals surface area contributed by atoms with Crippen LogP contribution in [0.1, 0.15) is 44.1 Å². The lowest BCUT2D eigenvalue weighted by Crippen LogP contribution is -2.54. The Kier molecular flexibility index (Phi) is 7.16. The SMILES string of the molecule is COc1ccc(OC)c(CN2CCN(CC(=O)N3CCC[C@H]4CCCC[C@H]43)CC2)c1. The van der Waals surface area contributed by atoms with Gasteiger partial charge in [0.15, 0.2) is 0 Å². The summed E-state index contributed by atoms with van der Waals surface area (Å²) in [4.78, 5) is 20.1. The smallest absolute Gasteiger partial charge is 0.237 e. The van der Waals surface area contributed by atoms with Gasteiger partial charge in [-0.05, 0) is 49.8 Å². The third kappa shape index (κ3) is 4.92. The normalized spacial score (nSPS) is 25.6. The molecule has 2 aliphatic heterocycles. The first-order valence-corrected chi connectivity index (χ1v) is 11.6. The molecule has 0 unspecified atom stereocenters. The van der Waals surface area contributed by atoms with Crippen molar-refractivity contribution in [3.8, 4) is 11.5 Å². The topological polar surface area (TPSA) is 45.3 Å². The van der Waals surface area contributed by atoms with E-state index in [1.165, 1.54) is 38.5 Å². The number of piperidine rings is 1. The number of fused-ring (bicyclic) bond motifs is 1. The van der Waals surface area contributed by atoms with Crippen LogP contribution in [-0.2, 0) is 11.3 Å². The fourth-order valence-electron chi connectivity index (χ4n) is 5.57. The number of hydrogen-bond donors (Lipinski definition) is 0. The van der Waals surface area contributed by atoms with Crippen LogP contribution in [0.4, 0.5) is 0 Å². The summed E-state index contributed by atoms with van der Waals surface area (Å²) in [6.45, 7) is 6.23. The molecule has 6 heteroatoms. The summed E-state index contributed by atoms with van der Waals surface area (Å²) in [5.74, 6) is 2.87. The molecule has 0 N–H and O–H groups in total. The molecule has 1 aromatic carbocycles. The minimum atomic E-state index is 0.356. The maximum atomic E-state index is 13.1. The molecule has 2 atom stereocenters. The van der Waals surface area contributed by atoms with Gasteiger partial charge < -0.3 is 14.4 Å². The van der Waals surface area contributed by atoms with Gasteiger partial charge in [-0.15, -0.1) is 0 Å². The van der Waals surface area contributed by atoms with Gasteiger partial charge in [0.25, 0.3) is 0 Å². The van der Waals surface area contributed by atoms with Gasteiger partial charge in [0.05, 0.1) is 20.8 Å². The number of rotatable bonds is 6. The summed E-state index contributed by atoms with van der Waals surface area (Å²) in [7, 11) is 3.41. The monoisotopic (exact) mass is 415 g/mol. The fraction of sp³-hybridized carbons (Fsp3) is 0.708. The molecular formula is C24H37N3O3. The van der Waals surface area contributed by atoms with Crippen molar-refractivity contribution in [2.75, 3.05) is 53.5 Å². The van der Waals surface area contributed by atoms with Crippen molar-refractivity contribution >= 4 is 5.91 Å². The Balaban J connectivity index is 1.28. The summed E-state index contributed by atoms with van der Waals surface area (Å²) < 4.78 is 10.9. The molecule has 1 saturated carbocycles. The van der Waals surface area contributed by atoms with E-state index in [1.807, 2.05) is 12.1 Å². The van der Waals surface area contributed by atoms with Crippen LogP contribution in [0.25, 0.3) is 0 Å². The van der Waals surface area contributed by atoms with Crippen molar-refractivity contribution in [1.29, 1.82) is 0 Å². The van der Waals surface area contributed by atoms with Gasteiger partial charge in [0.2, 0.25) is 5.91 Å². The van der Waals surface area contributed by atoms with Crippen LogP contribution in [0, 0.1) is 5.92 Å². The molecule has 30 heavy (non-hydrogen) atoms. The van der Waals surface area contributed by atoms with Crippen LogP contribution < -0.4 is 9.47 Å². The van der Waals surface area contributed by atoms with Crippen molar-refractivity contribution in [3.63, 3.8) is 0 Å². The molecule has 1 amide bonds. The predicted molar refractivity (Wildman–Crippen MR) is 118 cm³/mol. The van der Waals surface area contributed by atoms with Gasteiger partial charge in [-0.2, -0.15) is 0 Å². The Morgan fingerprint density at radius 2 is 1.67 bits per heavy atom. The first-order valence-electron chi connectivity index (χ1n) is 11.6. The van der Waals surface area contributed by atoms with E-state index in [9.17, 15) is 4.79 Å². The number of ether oxygens (including phenoxy) is 2. The lowest BCUT2D eigenvalue weighted by molar-refractivity contribution is -0.139. The van der Waals surface area contributed by atoms with Gasteiger partial charge in [-0.3, -0.25) is 14.6 Å². The van der Waals surface area contributed by atoms with Gasteiger partial charge in [0, 0.05) is 50.9 Å². The Morgan fingerprint density at radius 3 is 2.43 bits per heavy atom. The second kappa shape index (κ2) is 10.0. The summed E-state index contributed by atoms with van der Waals surface area (Å²) in [6, 6.07) is 6.48. The number of piperazine rings is 1. The highest BCUT2D eigenvalue weighted by molar-refractivity contribution is 5.78. The van der Waals surface area contributed by atoms with Crippen molar-refractivity contribution in [2.24, 2.45) is 5.92 Å². The number of carbonyl (C=O) groups is 1. The molecule has 0 spiro atoms. The van der Waals surface area contributed by atoms with Gasteiger partial charge in [0.1, 0.15) is 11.5 Å². The maximum Gasteiger partial charge on any atom is 0.237 e. The summed E-state index contributed by atoms with van der Waals surface area (Å²) >= 11 is 0. The average molecular weight is 416 g/mol. The zero-order chi connectivity index (χ0) is 20.9. The molecule has 0 bridgehead atoms. The zero-order valence-electron chi connectivity index (χ0n) is 18.6. The van der Waals surface area contributed by atoms with Crippen LogP contribution in [0.3, 0.4) is 0 Å². The van der Waals surface area contributed by atoms with E-state index in [2.05, 4.69) is 20.8 Å². The van der Waals surface area contributed by atoms with E-state index in [0.29, 0.717) is 18.5 Å². The lowest BCUT2D eigenvalue weighted by atomic mass is 9.78. The summed E-state index contributed by atoms with van der Waals surface area (Å²) in [6.07, 6.45) is 7.68. The minimum Gasteiger partial charge on any atom is -0.497 e. The highest BCUT2D eigenvalue weighted by atomic mass is 16.5. The van der Waals surface area contributed by atoms with Crippen LogP contribution in [0.15, 0.2) is 18.2 Å². The van der Waals surface area contributed by atoms with Crippen molar-refractivity contribution in [1.82, 2.24) is 14.7 Å². The van der Waals surface area contributed by atoms with E-state index in [0.717, 1.165) is 62.2 Å². The average Bonchev–Trinajstić information content (AvgIpc) is 2.79. The van der Waals surface area contributed by atoms with E-state index >= 15 is 0 Å². The van der Waals surface area contributed by atoms with Crippen LogP contribution in [0.2, 0.25) is 0 Å². The molecule has 0 radical (unpaired) electrons. The first kappa shape index (κ1) is 21.4. The molecule has 0 aromatic heterocycles. The van der Waals surface area contributed by atoms with Gasteiger partial charge in [-0.1, -0.05) is 12.8 Å². The molecule has 1 aromatic rings. The molecule has 1 aliphatic carbocycles. The number of hydrogen-bond acceptors (Lipinski definition) is 5. The van der Waals surface area contributed by atoms with Crippen molar-refractivity contribution < 1.29 is 14.3 Å². The van der Waals surface area contributed by atoms with E-state index < -0.39 is 0 Å². The molecule has 4 rings (SSSR count). The second-order valence-electron chi connectivity index (χ2n) is 9.07. The Labute approximate surface area is 181 Å². The number of likely N-dealkylation sites (tertiary alicyclic amines) is 1. The Bertz CT molecular complexity index is 716. The molecule has 3 aliphatic rings. The number of amides is 1. The summed E-state index contributed by atoms with van der Waals surface area (Å²) in [5, 5.41) is 0. The van der Waals surface area contributed by atoms with E-state index in [-0.39, 0.29) is 0 Å². The Morgan fingerprint density at radius 1 is 0.933 bits per heavy atom. The number of methoxy groups -OCH3 is 2. The summed E-state index contributed by atoms with van der Waals surface area (Å²) in [5.41, 5.74) is 1.15. The molecule has 2 saturated heterocycles. The third-order valence-electron chi connectivity index (χ3n) is 7.27. The highest BCUT2D eigenvalue weighted by Crippen LogP contribution is 2.35. The largest absolute Gasteiger partial charge is 0.497 e. The number of benzene rings is 1. The quantitative estimate of drug-likeness (QED) is 0.715. The third-order valence-corrected chi connectivity index (χ3v) is 7.27. The van der Waals surface area contributed by atoms with E-state index in [4.69, 9.17) is 9.47 Å². The molecule has 2 heterocycles. The van der Waals surface area contributed by atoms with Crippen LogP contribution in [-0.4, -0.2) is 80.1 Å². The number of carbonyl (C=O) groups excluding carboxylic acids is 1. The van der Waals surface area contributed by atoms with Crippen molar-refractivity contribution in [3.05, 3.63) is 23.8 Å². The molecule has 6 nitrogen and oxygen atoms in total. The molecular weight excluding hydrogens is 378 g/mol. The van der Waals surface area contributed by atoms with E-state index in [1.54, 1.807) is 14.2 Å². The van der Waals surface area contributed by atoms with Crippen molar-refractivity contribution in [2.45, 2.75) is 51.1 Å². The highest BCUT2D eigenvalue weighted by Gasteiger charge is 2.36. The molecule has 3 fully saturated rings. The minimum absolute atomic E-state index is 0.356. The standard InChI is InChI=1S/C24H37N3O3/c1-29-21-9-10-23(30-2)20(16-21)17-25-12-14-26(15-13-25)18-24(28)27-11-5-7-19-6-3-4-8-22(19)27/h9-10,16,19,22H,3-8,11-15,17-18H2,1-2H3/t19-,22-/m1/s1.